The van der Waals surface area contributed by atoms with Gasteiger partial charge in [0.15, 0.2) is 0 Å². The molecule has 0 aliphatic heterocycles. The summed E-state index contributed by atoms with van der Waals surface area (Å²) >= 11 is 5.64. The number of rotatable bonds is 2. The summed E-state index contributed by atoms with van der Waals surface area (Å²) in [5.74, 6) is -0.622. The lowest BCUT2D eigenvalue weighted by molar-refractivity contribution is 0.164. The second-order valence-corrected chi connectivity index (χ2v) is 3.59. The van der Waals surface area contributed by atoms with E-state index < -0.39 is 18.0 Å². The Morgan fingerprint density at radius 2 is 2.07 bits per heavy atom. The number of anilines is 1. The first kappa shape index (κ1) is 11.2. The van der Waals surface area contributed by atoms with E-state index in [1.807, 2.05) is 0 Å². The Balaban J connectivity index is 3.20. The second-order valence-electron chi connectivity index (χ2n) is 3.16. The number of aliphatic hydroxyl groups is 1. The van der Waals surface area contributed by atoms with E-state index in [9.17, 15) is 9.50 Å². The first-order valence-corrected chi connectivity index (χ1v) is 4.49. The molecule has 0 bridgehead atoms. The van der Waals surface area contributed by atoms with Crippen LogP contribution in [0.2, 0.25) is 5.02 Å². The van der Waals surface area contributed by atoms with E-state index in [2.05, 4.69) is 0 Å². The molecule has 5 N–H and O–H groups in total. The summed E-state index contributed by atoms with van der Waals surface area (Å²) in [4.78, 5) is 0. The highest BCUT2D eigenvalue weighted by atomic mass is 35.5. The first-order valence-electron chi connectivity index (χ1n) is 4.11. The van der Waals surface area contributed by atoms with Crippen LogP contribution < -0.4 is 11.5 Å². The lowest BCUT2D eigenvalue weighted by Crippen LogP contribution is -2.24. The fourth-order valence-electron chi connectivity index (χ4n) is 1.14. The summed E-state index contributed by atoms with van der Waals surface area (Å²) in [6.07, 6.45) is -0.810. The maximum Gasteiger partial charge on any atom is 0.147 e. The third kappa shape index (κ3) is 2.15. The summed E-state index contributed by atoms with van der Waals surface area (Å²) in [5, 5.41) is 9.45. The maximum absolute atomic E-state index is 13.1. The van der Waals surface area contributed by atoms with Crippen LogP contribution in [-0.2, 0) is 0 Å². The second kappa shape index (κ2) is 4.13. The van der Waals surface area contributed by atoms with Gasteiger partial charge < -0.3 is 16.6 Å². The molecule has 1 rings (SSSR count). The van der Waals surface area contributed by atoms with Crippen LogP contribution >= 0.6 is 11.6 Å². The molecule has 1 aromatic carbocycles. The monoisotopic (exact) mass is 218 g/mol. The summed E-state index contributed by atoms with van der Waals surface area (Å²) in [6.45, 7) is 1.50. The van der Waals surface area contributed by atoms with Gasteiger partial charge in [-0.05, 0) is 24.6 Å². The number of hydrogen-bond donors (Lipinski definition) is 3. The zero-order valence-electron chi connectivity index (χ0n) is 7.67. The Morgan fingerprint density at radius 3 is 2.57 bits per heavy atom. The summed E-state index contributed by atoms with van der Waals surface area (Å²) in [7, 11) is 0. The SMILES string of the molecule is CC(O)C(N)c1cc(Cl)cc(F)c1N. The van der Waals surface area contributed by atoms with Gasteiger partial charge in [-0.1, -0.05) is 11.6 Å². The first-order chi connectivity index (χ1) is 6.43. The molecule has 0 aliphatic rings. The molecule has 5 heteroatoms. The van der Waals surface area contributed by atoms with Crippen LogP contribution in [0, 0.1) is 5.82 Å². The number of benzene rings is 1. The van der Waals surface area contributed by atoms with Crippen LogP contribution in [0.25, 0.3) is 0 Å². The van der Waals surface area contributed by atoms with Gasteiger partial charge in [-0.2, -0.15) is 0 Å². The van der Waals surface area contributed by atoms with Crippen LogP contribution in [0.1, 0.15) is 18.5 Å². The van der Waals surface area contributed by atoms with Gasteiger partial charge in [0.25, 0.3) is 0 Å². The van der Waals surface area contributed by atoms with Gasteiger partial charge in [0.2, 0.25) is 0 Å². The van der Waals surface area contributed by atoms with Crippen LogP contribution in [0.3, 0.4) is 0 Å². The molecule has 3 nitrogen and oxygen atoms in total. The molecule has 0 saturated heterocycles. The van der Waals surface area contributed by atoms with Gasteiger partial charge in [-0.15, -0.1) is 0 Å². The van der Waals surface area contributed by atoms with Crippen molar-refractivity contribution in [1.29, 1.82) is 0 Å². The lowest BCUT2D eigenvalue weighted by Gasteiger charge is -2.17. The average Bonchev–Trinajstić information content (AvgIpc) is 2.09. The van der Waals surface area contributed by atoms with Crippen LogP contribution in [0.5, 0.6) is 0 Å². The Bertz CT molecular complexity index is 344. The molecule has 2 unspecified atom stereocenters. The van der Waals surface area contributed by atoms with Crippen molar-refractivity contribution in [3.05, 3.63) is 28.5 Å². The predicted molar refractivity (Wildman–Crippen MR) is 54.4 cm³/mol. The van der Waals surface area contributed by atoms with Crippen molar-refractivity contribution in [2.75, 3.05) is 5.73 Å². The molecule has 0 saturated carbocycles. The summed E-state index contributed by atoms with van der Waals surface area (Å²) < 4.78 is 13.1. The normalized spacial score (nSPS) is 15.2. The van der Waals surface area contributed by atoms with Crippen molar-refractivity contribution in [2.45, 2.75) is 19.1 Å². The van der Waals surface area contributed by atoms with Gasteiger partial charge >= 0.3 is 0 Å². The van der Waals surface area contributed by atoms with Gasteiger partial charge in [0.05, 0.1) is 17.8 Å². The minimum atomic E-state index is -0.810. The highest BCUT2D eigenvalue weighted by Crippen LogP contribution is 2.27. The standard InChI is InChI=1S/C9H12ClFN2O/c1-4(14)8(12)6-2-5(10)3-7(11)9(6)13/h2-4,8,14H,12-13H2,1H3. The molecule has 14 heavy (non-hydrogen) atoms. The molecule has 0 fully saturated rings. The van der Waals surface area contributed by atoms with Crippen molar-refractivity contribution in [1.82, 2.24) is 0 Å². The van der Waals surface area contributed by atoms with Crippen molar-refractivity contribution in [3.63, 3.8) is 0 Å². The summed E-state index contributed by atoms with van der Waals surface area (Å²) in [6, 6.07) is 1.83. The van der Waals surface area contributed by atoms with Crippen LogP contribution in [0.4, 0.5) is 10.1 Å². The highest BCUT2D eigenvalue weighted by Gasteiger charge is 2.17. The Hall–Kier alpha value is -0.840. The smallest absolute Gasteiger partial charge is 0.147 e. The van der Waals surface area contributed by atoms with Gasteiger partial charge in [0.1, 0.15) is 5.82 Å². The molecular weight excluding hydrogens is 207 g/mol. The molecule has 78 valence electrons. The Labute approximate surface area is 86.5 Å². The number of aliphatic hydroxyl groups excluding tert-OH is 1. The highest BCUT2D eigenvalue weighted by molar-refractivity contribution is 6.30. The molecule has 0 radical (unpaired) electrons. The van der Waals surface area contributed by atoms with E-state index in [0.29, 0.717) is 5.56 Å². The van der Waals surface area contributed by atoms with E-state index >= 15 is 0 Å². The van der Waals surface area contributed by atoms with Gasteiger partial charge in [0, 0.05) is 5.02 Å². The minimum absolute atomic E-state index is 0.0669. The van der Waals surface area contributed by atoms with Crippen LogP contribution in [-0.4, -0.2) is 11.2 Å². The largest absolute Gasteiger partial charge is 0.396 e. The number of hydrogen-bond acceptors (Lipinski definition) is 3. The predicted octanol–water partition coefficient (Wildman–Crippen LogP) is 1.44. The maximum atomic E-state index is 13.1. The van der Waals surface area contributed by atoms with Crippen molar-refractivity contribution >= 4 is 17.3 Å². The van der Waals surface area contributed by atoms with E-state index in [0.717, 1.165) is 6.07 Å². The Morgan fingerprint density at radius 1 is 1.50 bits per heavy atom. The van der Waals surface area contributed by atoms with Crippen LogP contribution in [0.15, 0.2) is 12.1 Å². The fourth-order valence-corrected chi connectivity index (χ4v) is 1.35. The third-order valence-electron chi connectivity index (χ3n) is 2.01. The number of nitrogen functional groups attached to an aromatic ring is 1. The zero-order chi connectivity index (χ0) is 10.9. The Kier molecular flexibility index (Phi) is 3.31. The molecule has 0 heterocycles. The van der Waals surface area contributed by atoms with E-state index in [-0.39, 0.29) is 10.7 Å². The van der Waals surface area contributed by atoms with Crippen molar-refractivity contribution in [3.8, 4) is 0 Å². The molecule has 2 atom stereocenters. The molecule has 0 spiro atoms. The van der Waals surface area contributed by atoms with E-state index in [4.69, 9.17) is 23.1 Å². The molecule has 0 aliphatic carbocycles. The minimum Gasteiger partial charge on any atom is -0.396 e. The number of nitrogens with two attached hydrogens (primary N) is 2. The van der Waals surface area contributed by atoms with E-state index in [1.54, 1.807) is 0 Å². The lowest BCUT2D eigenvalue weighted by atomic mass is 10.0. The molecule has 1 aromatic rings. The third-order valence-corrected chi connectivity index (χ3v) is 2.22. The van der Waals surface area contributed by atoms with Gasteiger partial charge in [-0.25, -0.2) is 4.39 Å². The molecule has 0 amide bonds. The fraction of sp³-hybridized carbons (Fsp3) is 0.333. The number of halogens is 2. The average molecular weight is 219 g/mol. The molecular formula is C9H12ClFN2O. The van der Waals surface area contributed by atoms with Crippen molar-refractivity contribution < 1.29 is 9.50 Å². The van der Waals surface area contributed by atoms with Gasteiger partial charge in [-0.3, -0.25) is 0 Å². The molecule has 0 aromatic heterocycles. The zero-order valence-corrected chi connectivity index (χ0v) is 8.42. The summed E-state index contributed by atoms with van der Waals surface area (Å²) in [5.41, 5.74) is 11.3. The topological polar surface area (TPSA) is 72.3 Å². The quantitative estimate of drug-likeness (QED) is 0.658. The van der Waals surface area contributed by atoms with Crippen molar-refractivity contribution in [2.24, 2.45) is 5.73 Å². The van der Waals surface area contributed by atoms with E-state index in [1.165, 1.54) is 13.0 Å².